The molecule has 0 fully saturated rings. The van der Waals surface area contributed by atoms with Crippen LogP contribution in [0.15, 0.2) is 163 Å². The molecule has 0 saturated heterocycles. The molecule has 0 aliphatic rings. The predicted molar refractivity (Wildman–Crippen MR) is 191 cm³/mol. The summed E-state index contributed by atoms with van der Waals surface area (Å²) < 4.78 is 3.77. The van der Waals surface area contributed by atoms with E-state index in [-0.39, 0.29) is 5.56 Å². The van der Waals surface area contributed by atoms with E-state index in [0.717, 1.165) is 50.1 Å². The van der Waals surface area contributed by atoms with Crippen molar-refractivity contribution < 1.29 is 0 Å². The quantitative estimate of drug-likeness (QED) is 0.193. The summed E-state index contributed by atoms with van der Waals surface area (Å²) in [6, 6.07) is 51.7. The molecule has 48 heavy (non-hydrogen) atoms. The van der Waals surface area contributed by atoms with Crippen LogP contribution in [0.4, 0.5) is 0 Å². The second-order valence-corrected chi connectivity index (χ2v) is 11.6. The summed E-state index contributed by atoms with van der Waals surface area (Å²) in [6.07, 6.45) is 0. The van der Waals surface area contributed by atoms with Gasteiger partial charge in [0.15, 0.2) is 17.5 Å². The van der Waals surface area contributed by atoms with Crippen LogP contribution in [0.3, 0.4) is 0 Å². The average Bonchev–Trinajstić information content (AvgIpc) is 3.55. The third kappa shape index (κ3) is 4.65. The van der Waals surface area contributed by atoms with Gasteiger partial charge in [-0.3, -0.25) is 9.20 Å². The van der Waals surface area contributed by atoms with E-state index in [1.165, 1.54) is 0 Å². The van der Waals surface area contributed by atoms with Crippen molar-refractivity contribution in [1.82, 2.24) is 28.9 Å². The molecule has 3 aromatic heterocycles. The highest BCUT2D eigenvalue weighted by Gasteiger charge is 2.18. The molecule has 3 heterocycles. The van der Waals surface area contributed by atoms with Gasteiger partial charge >= 0.3 is 0 Å². The highest BCUT2D eigenvalue weighted by molar-refractivity contribution is 5.92. The van der Waals surface area contributed by atoms with Crippen LogP contribution < -0.4 is 5.56 Å². The van der Waals surface area contributed by atoms with Crippen molar-refractivity contribution >= 4 is 27.7 Å². The third-order valence-electron chi connectivity index (χ3n) is 8.58. The van der Waals surface area contributed by atoms with E-state index in [4.69, 9.17) is 19.9 Å². The lowest BCUT2D eigenvalue weighted by molar-refractivity contribution is 0.983. The van der Waals surface area contributed by atoms with Crippen molar-refractivity contribution in [3.8, 4) is 51.0 Å². The lowest BCUT2D eigenvalue weighted by Gasteiger charge is -2.13. The summed E-state index contributed by atoms with van der Waals surface area (Å²) in [4.78, 5) is 33.9. The Labute approximate surface area is 275 Å². The maximum atomic E-state index is 14.3. The Hall–Kier alpha value is -6.73. The molecule has 7 nitrogen and oxygen atoms in total. The minimum atomic E-state index is -0.130. The molecule has 7 heteroatoms. The van der Waals surface area contributed by atoms with Crippen molar-refractivity contribution in [3.63, 3.8) is 0 Å². The largest absolute Gasteiger partial charge is 0.277 e. The van der Waals surface area contributed by atoms with Crippen molar-refractivity contribution in [2.24, 2.45) is 0 Å². The first-order chi connectivity index (χ1) is 23.7. The van der Waals surface area contributed by atoms with Gasteiger partial charge < -0.3 is 0 Å². The number of nitrogens with zero attached hydrogens (tertiary/aromatic N) is 6. The molecular weight excluding hydrogens is 592 g/mol. The number of fused-ring (bicyclic) bond motifs is 5. The van der Waals surface area contributed by atoms with E-state index in [2.05, 4.69) is 16.5 Å². The van der Waals surface area contributed by atoms with Crippen LogP contribution in [0.5, 0.6) is 0 Å². The molecule has 0 atom stereocenters. The number of hydrogen-bond acceptors (Lipinski definition) is 5. The Kier molecular flexibility index (Phi) is 6.47. The molecule has 0 aliphatic heterocycles. The minimum Gasteiger partial charge on any atom is -0.277 e. The third-order valence-corrected chi connectivity index (χ3v) is 8.58. The van der Waals surface area contributed by atoms with E-state index in [1.54, 1.807) is 4.57 Å². The first-order valence-electron chi connectivity index (χ1n) is 15.7. The maximum Gasteiger partial charge on any atom is 0.267 e. The molecule has 0 spiro atoms. The number of aromatic nitrogens is 6. The van der Waals surface area contributed by atoms with Crippen molar-refractivity contribution in [2.45, 2.75) is 0 Å². The van der Waals surface area contributed by atoms with Gasteiger partial charge in [-0.05, 0) is 53.6 Å². The van der Waals surface area contributed by atoms with E-state index in [0.29, 0.717) is 28.6 Å². The standard InChI is InChI=1S/C41H26N6O/c48-40-33-26-30(23-24-35(33)47-36-22-11-10-21-34(36)42-41(47)46(40)32-19-8-3-9-20-32)29-17-12-18-31(25-29)39-44-37(27-13-4-1-5-14-27)43-38(45-39)28-15-6-2-7-16-28/h1-26H. The van der Waals surface area contributed by atoms with Crippen molar-refractivity contribution in [1.29, 1.82) is 0 Å². The Morgan fingerprint density at radius 2 is 0.958 bits per heavy atom. The van der Waals surface area contributed by atoms with Crippen LogP contribution >= 0.6 is 0 Å². The van der Waals surface area contributed by atoms with E-state index in [1.807, 2.05) is 146 Å². The fraction of sp³-hybridized carbons (Fsp3) is 0. The second kappa shape index (κ2) is 11.3. The summed E-state index contributed by atoms with van der Waals surface area (Å²) in [5.41, 5.74) is 7.72. The Balaban J connectivity index is 1.23. The van der Waals surface area contributed by atoms with E-state index in [9.17, 15) is 4.79 Å². The zero-order valence-corrected chi connectivity index (χ0v) is 25.6. The first-order valence-corrected chi connectivity index (χ1v) is 15.7. The minimum absolute atomic E-state index is 0.130. The van der Waals surface area contributed by atoms with Crippen LogP contribution in [0.2, 0.25) is 0 Å². The Bertz CT molecular complexity index is 2630. The normalized spacial score (nSPS) is 11.4. The van der Waals surface area contributed by atoms with Crippen molar-refractivity contribution in [2.75, 3.05) is 0 Å². The van der Waals surface area contributed by atoms with Gasteiger partial charge in [-0.15, -0.1) is 0 Å². The number of rotatable bonds is 5. The van der Waals surface area contributed by atoms with Gasteiger partial charge in [0.2, 0.25) is 5.78 Å². The molecule has 0 aliphatic carbocycles. The fourth-order valence-corrected chi connectivity index (χ4v) is 6.28. The molecule has 6 aromatic carbocycles. The van der Waals surface area contributed by atoms with E-state index >= 15 is 0 Å². The van der Waals surface area contributed by atoms with Gasteiger partial charge in [0.25, 0.3) is 5.56 Å². The van der Waals surface area contributed by atoms with Gasteiger partial charge in [0.05, 0.1) is 27.6 Å². The summed E-state index contributed by atoms with van der Waals surface area (Å²) in [5, 5.41) is 0.593. The predicted octanol–water partition coefficient (Wildman–Crippen LogP) is 8.64. The van der Waals surface area contributed by atoms with Crippen LogP contribution in [-0.2, 0) is 0 Å². The molecule has 0 bridgehead atoms. The highest BCUT2D eigenvalue weighted by Crippen LogP contribution is 2.31. The van der Waals surface area contributed by atoms with Gasteiger partial charge in [-0.2, -0.15) is 0 Å². The molecule has 0 radical (unpaired) electrons. The van der Waals surface area contributed by atoms with Crippen LogP contribution in [0, 0.1) is 0 Å². The summed E-state index contributed by atoms with van der Waals surface area (Å²) in [7, 11) is 0. The number of benzene rings is 6. The monoisotopic (exact) mass is 618 g/mol. The number of para-hydroxylation sites is 3. The van der Waals surface area contributed by atoms with E-state index < -0.39 is 0 Å². The zero-order chi connectivity index (χ0) is 32.0. The molecule has 0 N–H and O–H groups in total. The number of imidazole rings is 1. The maximum absolute atomic E-state index is 14.3. The zero-order valence-electron chi connectivity index (χ0n) is 25.6. The molecule has 0 amide bonds. The molecule has 9 aromatic rings. The van der Waals surface area contributed by atoms with Crippen molar-refractivity contribution in [3.05, 3.63) is 168 Å². The topological polar surface area (TPSA) is 78.0 Å². The first kappa shape index (κ1) is 27.6. The Morgan fingerprint density at radius 1 is 0.417 bits per heavy atom. The van der Waals surface area contributed by atoms with Crippen LogP contribution in [0.1, 0.15) is 0 Å². The van der Waals surface area contributed by atoms with Gasteiger partial charge in [0, 0.05) is 16.7 Å². The van der Waals surface area contributed by atoms with Gasteiger partial charge in [0.1, 0.15) is 0 Å². The highest BCUT2D eigenvalue weighted by atomic mass is 16.1. The van der Waals surface area contributed by atoms with Gasteiger partial charge in [-0.25, -0.2) is 24.5 Å². The molecule has 9 rings (SSSR count). The SMILES string of the molecule is O=c1c2cc(-c3cccc(-c4nc(-c5ccccc5)nc(-c5ccccc5)n4)c3)ccc2n2c3ccccc3nc2n1-c1ccccc1. The summed E-state index contributed by atoms with van der Waals surface area (Å²) in [5.74, 6) is 2.36. The fourth-order valence-electron chi connectivity index (χ4n) is 6.28. The lowest BCUT2D eigenvalue weighted by Crippen LogP contribution is -2.21. The average molecular weight is 619 g/mol. The smallest absolute Gasteiger partial charge is 0.267 e. The molecule has 0 saturated carbocycles. The Morgan fingerprint density at radius 3 is 1.65 bits per heavy atom. The second-order valence-electron chi connectivity index (χ2n) is 11.6. The molecular formula is C41H26N6O. The molecule has 0 unspecified atom stereocenters. The number of hydrogen-bond donors (Lipinski definition) is 0. The summed E-state index contributed by atoms with van der Waals surface area (Å²) >= 11 is 0. The van der Waals surface area contributed by atoms with Crippen LogP contribution in [0.25, 0.3) is 78.7 Å². The molecule has 226 valence electrons. The van der Waals surface area contributed by atoms with Crippen LogP contribution in [-0.4, -0.2) is 28.9 Å². The summed E-state index contributed by atoms with van der Waals surface area (Å²) in [6.45, 7) is 0. The lowest BCUT2D eigenvalue weighted by atomic mass is 10.0. The van der Waals surface area contributed by atoms with Gasteiger partial charge in [-0.1, -0.05) is 115 Å².